The first-order chi connectivity index (χ1) is 12.5. The number of rotatable bonds is 7. The summed E-state index contributed by atoms with van der Waals surface area (Å²) < 4.78 is 21.1. The van der Waals surface area contributed by atoms with Crippen molar-refractivity contribution in [1.82, 2.24) is 0 Å². The molecule has 0 bridgehead atoms. The predicted octanol–water partition coefficient (Wildman–Crippen LogP) is 3.59. The Morgan fingerprint density at radius 1 is 0.885 bits per heavy atom. The second kappa shape index (κ2) is 8.29. The van der Waals surface area contributed by atoms with Gasteiger partial charge in [-0.2, -0.15) is 0 Å². The quantitative estimate of drug-likeness (QED) is 0.463. The van der Waals surface area contributed by atoms with Crippen LogP contribution in [0.25, 0.3) is 6.08 Å². The molecule has 6 heteroatoms. The highest BCUT2D eigenvalue weighted by atomic mass is 16.5. The van der Waals surface area contributed by atoms with E-state index in [9.17, 15) is 4.79 Å². The number of hydrogen-bond acceptors (Lipinski definition) is 6. The van der Waals surface area contributed by atoms with E-state index in [1.807, 2.05) is 6.07 Å². The predicted molar refractivity (Wildman–Crippen MR) is 101 cm³/mol. The minimum absolute atomic E-state index is 0.183. The fourth-order valence-electron chi connectivity index (χ4n) is 2.65. The Morgan fingerprint density at radius 2 is 1.50 bits per heavy atom. The van der Waals surface area contributed by atoms with Crippen LogP contribution >= 0.6 is 0 Å². The molecule has 0 saturated heterocycles. The maximum atomic E-state index is 12.9. The normalized spacial score (nSPS) is 11.0. The second-order valence-electron chi connectivity index (χ2n) is 5.54. The monoisotopic (exact) mass is 357 g/mol. The third-order valence-electron chi connectivity index (χ3n) is 3.94. The summed E-state index contributed by atoms with van der Waals surface area (Å²) in [6.07, 6.45) is 1.76. The van der Waals surface area contributed by atoms with Gasteiger partial charge in [0, 0.05) is 0 Å². The van der Waals surface area contributed by atoms with Crippen LogP contribution in [0.2, 0.25) is 0 Å². The lowest BCUT2D eigenvalue weighted by atomic mass is 10.0. The molecule has 2 aromatic carbocycles. The van der Waals surface area contributed by atoms with Gasteiger partial charge in [-0.05, 0) is 48.4 Å². The minimum Gasteiger partial charge on any atom is -0.495 e. The number of anilines is 1. The van der Waals surface area contributed by atoms with Crippen molar-refractivity contribution in [1.29, 1.82) is 0 Å². The Kier molecular flexibility index (Phi) is 6.11. The van der Waals surface area contributed by atoms with Gasteiger partial charge in [-0.1, -0.05) is 6.07 Å². The van der Waals surface area contributed by atoms with Crippen LogP contribution in [-0.4, -0.2) is 34.2 Å². The topological polar surface area (TPSA) is 80.0 Å². The van der Waals surface area contributed by atoms with Gasteiger partial charge >= 0.3 is 0 Å². The summed E-state index contributed by atoms with van der Waals surface area (Å²) in [4.78, 5) is 12.9. The van der Waals surface area contributed by atoms with Gasteiger partial charge in [0.1, 0.15) is 5.75 Å². The van der Waals surface area contributed by atoms with Crippen LogP contribution in [-0.2, 0) is 0 Å². The summed E-state index contributed by atoms with van der Waals surface area (Å²) in [5.41, 5.74) is 8.14. The molecular formula is C20H23NO5. The van der Waals surface area contributed by atoms with Crippen molar-refractivity contribution in [2.75, 3.05) is 34.2 Å². The summed E-state index contributed by atoms with van der Waals surface area (Å²) in [5, 5.41) is 0. The van der Waals surface area contributed by atoms with Crippen molar-refractivity contribution >= 4 is 17.5 Å². The molecule has 26 heavy (non-hydrogen) atoms. The molecule has 0 heterocycles. The lowest BCUT2D eigenvalue weighted by Crippen LogP contribution is -2.06. The minimum atomic E-state index is -0.183. The van der Waals surface area contributed by atoms with Gasteiger partial charge in [-0.25, -0.2) is 0 Å². The van der Waals surface area contributed by atoms with Crippen molar-refractivity contribution in [3.05, 3.63) is 47.0 Å². The molecule has 0 aliphatic rings. The average molecular weight is 357 g/mol. The lowest BCUT2D eigenvalue weighted by Gasteiger charge is -2.15. The highest BCUT2D eigenvalue weighted by molar-refractivity contribution is 6.13. The van der Waals surface area contributed by atoms with E-state index in [1.54, 1.807) is 44.4 Å². The molecule has 6 nitrogen and oxygen atoms in total. The van der Waals surface area contributed by atoms with Gasteiger partial charge in [-0.15, -0.1) is 0 Å². The van der Waals surface area contributed by atoms with Crippen LogP contribution < -0.4 is 24.7 Å². The third kappa shape index (κ3) is 3.74. The lowest BCUT2D eigenvalue weighted by molar-refractivity contribution is 0.103. The van der Waals surface area contributed by atoms with Crippen LogP contribution in [0.15, 0.2) is 35.9 Å². The number of hydrogen-bond donors (Lipinski definition) is 1. The summed E-state index contributed by atoms with van der Waals surface area (Å²) in [7, 11) is 6.06. The average Bonchev–Trinajstić information content (AvgIpc) is 2.66. The van der Waals surface area contributed by atoms with Gasteiger partial charge in [0.2, 0.25) is 5.75 Å². The summed E-state index contributed by atoms with van der Waals surface area (Å²) in [6, 6.07) is 8.67. The molecule has 0 aliphatic carbocycles. The zero-order valence-corrected chi connectivity index (χ0v) is 15.6. The summed E-state index contributed by atoms with van der Waals surface area (Å²) >= 11 is 0. The van der Waals surface area contributed by atoms with E-state index in [-0.39, 0.29) is 5.78 Å². The van der Waals surface area contributed by atoms with E-state index in [0.29, 0.717) is 39.8 Å². The molecule has 2 rings (SSSR count). The number of nitrogen functional groups attached to an aromatic ring is 1. The molecule has 2 N–H and O–H groups in total. The molecule has 2 aromatic rings. The molecule has 0 fully saturated rings. The first-order valence-electron chi connectivity index (χ1n) is 7.92. The van der Waals surface area contributed by atoms with Crippen molar-refractivity contribution in [3.8, 4) is 23.0 Å². The fraction of sp³-hybridized carbons (Fsp3) is 0.250. The molecule has 0 unspecified atom stereocenters. The molecule has 0 atom stereocenters. The maximum absolute atomic E-state index is 12.9. The maximum Gasteiger partial charge on any atom is 0.204 e. The SMILES string of the molecule is COc1ccc(C=C(C)C(=O)c2ccc(OC)c(OC)c2OC)cc1N. The van der Waals surface area contributed by atoms with Crippen LogP contribution in [0.5, 0.6) is 23.0 Å². The highest BCUT2D eigenvalue weighted by Crippen LogP contribution is 2.40. The number of ketones is 1. The number of nitrogens with two attached hydrogens (primary N) is 1. The van der Waals surface area contributed by atoms with Gasteiger partial charge in [0.25, 0.3) is 0 Å². The Bertz CT molecular complexity index is 842. The number of carbonyl (C=O) groups excluding carboxylic acids is 1. The van der Waals surface area contributed by atoms with Crippen molar-refractivity contribution < 1.29 is 23.7 Å². The van der Waals surface area contributed by atoms with Gasteiger partial charge < -0.3 is 24.7 Å². The number of carbonyl (C=O) groups is 1. The standard InChI is InChI=1S/C20H23NO5/c1-12(10-13-6-8-16(23-2)15(21)11-13)18(22)14-7-9-17(24-3)20(26-5)19(14)25-4/h6-11H,21H2,1-5H3. The molecular weight excluding hydrogens is 334 g/mol. The molecule has 0 aromatic heterocycles. The number of allylic oxidation sites excluding steroid dienone is 1. The van der Waals surface area contributed by atoms with E-state index >= 15 is 0 Å². The number of Topliss-reactive ketones (excluding diaryl/α,β-unsaturated/α-hetero) is 1. The van der Waals surface area contributed by atoms with E-state index in [1.165, 1.54) is 21.3 Å². The number of benzene rings is 2. The molecule has 138 valence electrons. The first kappa shape index (κ1) is 19.2. The zero-order chi connectivity index (χ0) is 19.3. The largest absolute Gasteiger partial charge is 0.495 e. The Hall–Kier alpha value is -3.15. The van der Waals surface area contributed by atoms with E-state index < -0.39 is 0 Å². The van der Waals surface area contributed by atoms with Crippen molar-refractivity contribution in [2.24, 2.45) is 0 Å². The molecule has 0 aliphatic heterocycles. The first-order valence-corrected chi connectivity index (χ1v) is 7.92. The molecule has 0 radical (unpaired) electrons. The highest BCUT2D eigenvalue weighted by Gasteiger charge is 2.21. The van der Waals surface area contributed by atoms with Crippen LogP contribution in [0.3, 0.4) is 0 Å². The second-order valence-corrected chi connectivity index (χ2v) is 5.54. The van der Waals surface area contributed by atoms with E-state index in [2.05, 4.69) is 0 Å². The molecule has 0 saturated carbocycles. The van der Waals surface area contributed by atoms with Crippen LogP contribution in [0.1, 0.15) is 22.8 Å². The number of methoxy groups -OCH3 is 4. The zero-order valence-electron chi connectivity index (χ0n) is 15.6. The smallest absolute Gasteiger partial charge is 0.204 e. The molecule has 0 amide bonds. The van der Waals surface area contributed by atoms with Crippen LogP contribution in [0, 0.1) is 0 Å². The molecule has 0 spiro atoms. The van der Waals surface area contributed by atoms with Gasteiger partial charge in [-0.3, -0.25) is 4.79 Å². The Balaban J connectivity index is 2.43. The Morgan fingerprint density at radius 3 is 2.04 bits per heavy atom. The van der Waals surface area contributed by atoms with Gasteiger partial charge in [0.15, 0.2) is 17.3 Å². The van der Waals surface area contributed by atoms with Gasteiger partial charge in [0.05, 0.1) is 39.7 Å². The summed E-state index contributed by atoms with van der Waals surface area (Å²) in [6.45, 7) is 1.74. The van der Waals surface area contributed by atoms with Crippen molar-refractivity contribution in [2.45, 2.75) is 6.92 Å². The van der Waals surface area contributed by atoms with E-state index in [0.717, 1.165) is 5.56 Å². The van der Waals surface area contributed by atoms with E-state index in [4.69, 9.17) is 24.7 Å². The fourth-order valence-corrected chi connectivity index (χ4v) is 2.65. The third-order valence-corrected chi connectivity index (χ3v) is 3.94. The van der Waals surface area contributed by atoms with Crippen molar-refractivity contribution in [3.63, 3.8) is 0 Å². The summed E-state index contributed by atoms with van der Waals surface area (Å²) in [5.74, 6) is 1.61. The Labute approximate surface area is 153 Å². The van der Waals surface area contributed by atoms with Crippen LogP contribution in [0.4, 0.5) is 5.69 Å². The number of ether oxygens (including phenoxy) is 4.